The molecule has 0 saturated carbocycles. The fourth-order valence-corrected chi connectivity index (χ4v) is 2.60. The van der Waals surface area contributed by atoms with Gasteiger partial charge in [-0.2, -0.15) is 0 Å². The second-order valence-corrected chi connectivity index (χ2v) is 5.13. The van der Waals surface area contributed by atoms with Crippen LogP contribution in [0.2, 0.25) is 0 Å². The van der Waals surface area contributed by atoms with Gasteiger partial charge in [0.15, 0.2) is 0 Å². The molecule has 2 aromatic heterocycles. The van der Waals surface area contributed by atoms with E-state index in [0.29, 0.717) is 11.5 Å². The summed E-state index contributed by atoms with van der Waals surface area (Å²) in [5.74, 6) is -0.194. The predicted octanol–water partition coefficient (Wildman–Crippen LogP) is 1.75. The molecule has 0 aromatic carbocycles. The van der Waals surface area contributed by atoms with Crippen molar-refractivity contribution in [2.75, 3.05) is 13.7 Å². The number of hydrogen-bond acceptors (Lipinski definition) is 5. The van der Waals surface area contributed by atoms with Crippen molar-refractivity contribution in [3.8, 4) is 0 Å². The maximum Gasteiger partial charge on any atom is 0.261 e. The molecule has 1 atom stereocenters. The average molecular weight is 292 g/mol. The van der Waals surface area contributed by atoms with Crippen molar-refractivity contribution in [2.24, 2.45) is 0 Å². The van der Waals surface area contributed by atoms with E-state index in [1.54, 1.807) is 31.6 Å². The van der Waals surface area contributed by atoms with Gasteiger partial charge in [-0.05, 0) is 29.1 Å². The molecule has 2 heterocycles. The molecule has 1 amide bonds. The number of hydrogen-bond donors (Lipinski definition) is 2. The van der Waals surface area contributed by atoms with Gasteiger partial charge >= 0.3 is 0 Å². The molecule has 2 N–H and O–H groups in total. The highest BCUT2D eigenvalue weighted by atomic mass is 32.1. The zero-order chi connectivity index (χ0) is 14.4. The molecule has 2 aromatic rings. The van der Waals surface area contributed by atoms with Crippen LogP contribution in [0.3, 0.4) is 0 Å². The Balaban J connectivity index is 1.93. The van der Waals surface area contributed by atoms with Crippen LogP contribution in [0.25, 0.3) is 0 Å². The van der Waals surface area contributed by atoms with Crippen molar-refractivity contribution in [2.45, 2.75) is 12.7 Å². The van der Waals surface area contributed by atoms with Gasteiger partial charge < -0.3 is 15.2 Å². The number of aliphatic hydroxyl groups excluding tert-OH is 1. The molecule has 20 heavy (non-hydrogen) atoms. The van der Waals surface area contributed by atoms with Crippen LogP contribution in [0.4, 0.5) is 0 Å². The molecule has 0 aliphatic rings. The summed E-state index contributed by atoms with van der Waals surface area (Å²) in [5, 5.41) is 14.6. The summed E-state index contributed by atoms with van der Waals surface area (Å²) in [7, 11) is 1.59. The summed E-state index contributed by atoms with van der Waals surface area (Å²) in [6, 6.07) is 5.30. The number of aliphatic hydroxyl groups is 1. The van der Waals surface area contributed by atoms with E-state index in [2.05, 4.69) is 10.3 Å². The molecule has 0 fully saturated rings. The van der Waals surface area contributed by atoms with Crippen LogP contribution in [0, 0.1) is 0 Å². The third-order valence-electron chi connectivity index (χ3n) is 2.80. The van der Waals surface area contributed by atoms with Crippen LogP contribution in [0.15, 0.2) is 36.0 Å². The van der Waals surface area contributed by atoms with Gasteiger partial charge in [-0.3, -0.25) is 9.78 Å². The van der Waals surface area contributed by atoms with Gasteiger partial charge in [-0.1, -0.05) is 0 Å². The molecule has 0 aliphatic carbocycles. The van der Waals surface area contributed by atoms with Crippen LogP contribution in [-0.2, 0) is 11.3 Å². The van der Waals surface area contributed by atoms with Crippen molar-refractivity contribution >= 4 is 17.2 Å². The maximum absolute atomic E-state index is 12.1. The molecular formula is C14H16N2O3S. The third-order valence-corrected chi connectivity index (χ3v) is 3.76. The standard InChI is InChI=1S/C14H16N2O3S/c1-19-9-11-4-7-20-13(11)14(18)16-8-12(17)10-2-5-15-6-3-10/h2-7,12,17H,8-9H2,1H3,(H,16,18). The summed E-state index contributed by atoms with van der Waals surface area (Å²) in [4.78, 5) is 16.6. The number of methoxy groups -OCH3 is 1. The van der Waals surface area contributed by atoms with Gasteiger partial charge in [0.25, 0.3) is 5.91 Å². The molecule has 0 saturated heterocycles. The van der Waals surface area contributed by atoms with Crippen molar-refractivity contribution in [1.82, 2.24) is 10.3 Å². The number of carbonyl (C=O) groups excluding carboxylic acids is 1. The Kier molecular flexibility index (Phi) is 5.23. The molecule has 0 aliphatic heterocycles. The molecular weight excluding hydrogens is 276 g/mol. The second kappa shape index (κ2) is 7.14. The Bertz CT molecular complexity index is 557. The number of ether oxygens (including phenoxy) is 1. The Labute approximate surface area is 121 Å². The minimum absolute atomic E-state index is 0.160. The monoisotopic (exact) mass is 292 g/mol. The number of nitrogens with zero attached hydrogens (tertiary/aromatic N) is 1. The number of rotatable bonds is 6. The molecule has 106 valence electrons. The van der Waals surface area contributed by atoms with E-state index in [-0.39, 0.29) is 12.5 Å². The Morgan fingerprint density at radius 2 is 2.20 bits per heavy atom. The quantitative estimate of drug-likeness (QED) is 0.851. The first-order chi connectivity index (χ1) is 9.72. The number of pyridine rings is 1. The second-order valence-electron chi connectivity index (χ2n) is 4.21. The molecule has 6 heteroatoms. The van der Waals surface area contributed by atoms with Crippen LogP contribution < -0.4 is 5.32 Å². The highest BCUT2D eigenvalue weighted by Crippen LogP contribution is 2.18. The smallest absolute Gasteiger partial charge is 0.261 e. The Morgan fingerprint density at radius 1 is 1.45 bits per heavy atom. The average Bonchev–Trinajstić information content (AvgIpc) is 2.94. The van der Waals surface area contributed by atoms with Crippen LogP contribution >= 0.6 is 11.3 Å². The highest BCUT2D eigenvalue weighted by molar-refractivity contribution is 7.12. The summed E-state index contributed by atoms with van der Waals surface area (Å²) in [6.07, 6.45) is 2.47. The van der Waals surface area contributed by atoms with Crippen molar-refractivity contribution in [3.05, 3.63) is 52.0 Å². The van der Waals surface area contributed by atoms with Gasteiger partial charge in [-0.15, -0.1) is 11.3 Å². The maximum atomic E-state index is 12.1. The van der Waals surface area contributed by atoms with E-state index < -0.39 is 6.10 Å². The van der Waals surface area contributed by atoms with Crippen LogP contribution in [0.1, 0.15) is 26.9 Å². The zero-order valence-corrected chi connectivity index (χ0v) is 11.9. The zero-order valence-electron chi connectivity index (χ0n) is 11.1. The third kappa shape index (κ3) is 3.63. The van der Waals surface area contributed by atoms with E-state index in [1.807, 2.05) is 11.4 Å². The number of aromatic nitrogens is 1. The Hall–Kier alpha value is -1.76. The highest BCUT2D eigenvalue weighted by Gasteiger charge is 2.15. The molecule has 2 rings (SSSR count). The summed E-state index contributed by atoms with van der Waals surface area (Å²) in [5.41, 5.74) is 1.58. The number of amides is 1. The van der Waals surface area contributed by atoms with Crippen molar-refractivity contribution in [1.29, 1.82) is 0 Å². The van der Waals surface area contributed by atoms with Crippen molar-refractivity contribution in [3.63, 3.8) is 0 Å². The van der Waals surface area contributed by atoms with E-state index >= 15 is 0 Å². The summed E-state index contributed by atoms with van der Waals surface area (Å²) < 4.78 is 5.04. The topological polar surface area (TPSA) is 71.5 Å². The number of thiophene rings is 1. The minimum Gasteiger partial charge on any atom is -0.387 e. The molecule has 5 nitrogen and oxygen atoms in total. The van der Waals surface area contributed by atoms with Crippen molar-refractivity contribution < 1.29 is 14.6 Å². The van der Waals surface area contributed by atoms with E-state index in [1.165, 1.54) is 11.3 Å². The largest absolute Gasteiger partial charge is 0.387 e. The fourth-order valence-electron chi connectivity index (χ4n) is 1.78. The molecule has 0 bridgehead atoms. The fraction of sp³-hybridized carbons (Fsp3) is 0.286. The van der Waals surface area contributed by atoms with E-state index in [9.17, 15) is 9.90 Å². The molecule has 0 spiro atoms. The number of carbonyl (C=O) groups is 1. The normalized spacial score (nSPS) is 12.1. The molecule has 1 unspecified atom stereocenters. The first kappa shape index (κ1) is 14.6. The van der Waals surface area contributed by atoms with Gasteiger partial charge in [0, 0.05) is 31.6 Å². The Morgan fingerprint density at radius 3 is 2.90 bits per heavy atom. The van der Waals surface area contributed by atoms with Crippen LogP contribution in [-0.4, -0.2) is 29.7 Å². The summed E-state index contributed by atoms with van der Waals surface area (Å²) >= 11 is 1.36. The van der Waals surface area contributed by atoms with Gasteiger partial charge in [-0.25, -0.2) is 0 Å². The lowest BCUT2D eigenvalue weighted by Crippen LogP contribution is -2.28. The summed E-state index contributed by atoms with van der Waals surface area (Å²) in [6.45, 7) is 0.562. The van der Waals surface area contributed by atoms with E-state index in [4.69, 9.17) is 4.74 Å². The molecule has 0 radical (unpaired) electrons. The van der Waals surface area contributed by atoms with Gasteiger partial charge in [0.2, 0.25) is 0 Å². The predicted molar refractivity (Wildman–Crippen MR) is 76.6 cm³/mol. The number of nitrogens with one attached hydrogen (secondary N) is 1. The first-order valence-electron chi connectivity index (χ1n) is 6.14. The SMILES string of the molecule is COCc1ccsc1C(=O)NCC(O)c1ccncc1. The van der Waals surface area contributed by atoms with Gasteiger partial charge in [0.1, 0.15) is 0 Å². The lowest BCUT2D eigenvalue weighted by Gasteiger charge is -2.12. The first-order valence-corrected chi connectivity index (χ1v) is 7.02. The lowest BCUT2D eigenvalue weighted by molar-refractivity contribution is 0.0916. The van der Waals surface area contributed by atoms with Gasteiger partial charge in [0.05, 0.1) is 17.6 Å². The van der Waals surface area contributed by atoms with Crippen LogP contribution in [0.5, 0.6) is 0 Å². The van der Waals surface area contributed by atoms with E-state index in [0.717, 1.165) is 11.1 Å². The minimum atomic E-state index is -0.743. The lowest BCUT2D eigenvalue weighted by atomic mass is 10.1.